The Morgan fingerprint density at radius 1 is 0.380 bits per heavy atom. The van der Waals surface area contributed by atoms with Gasteiger partial charge in [-0.15, -0.1) is 0 Å². The summed E-state index contributed by atoms with van der Waals surface area (Å²) in [6.45, 7) is 3.43. The molecule has 2 saturated heterocycles. The first-order valence-electron chi connectivity index (χ1n) is 39.1. The van der Waals surface area contributed by atoms with Crippen molar-refractivity contribution in [2.24, 2.45) is 0 Å². The number of hydrogen-bond donors (Lipinski definition) is 11. The van der Waals surface area contributed by atoms with E-state index < -0.39 is 156 Å². The molecule has 25 heteroatoms. The Kier molecular flexibility index (Phi) is 52.0. The third-order valence-electron chi connectivity index (χ3n) is 19.2. The van der Waals surface area contributed by atoms with E-state index in [4.69, 9.17) is 42.2 Å². The van der Waals surface area contributed by atoms with Crippen LogP contribution in [0.5, 0.6) is 0 Å². The number of hydrogen-bond acceptors (Lipinski definition) is 23. The topological polar surface area (TPSA) is 374 Å². The molecule has 3 aliphatic rings. The first-order chi connectivity index (χ1) is 48.3. The summed E-state index contributed by atoms with van der Waals surface area (Å²) >= 11 is 0. The lowest BCUT2D eigenvalue weighted by molar-refractivity contribution is -0.360. The molecule has 0 aromatic heterocycles. The van der Waals surface area contributed by atoms with Crippen molar-refractivity contribution >= 4 is 25.7 Å². The van der Waals surface area contributed by atoms with Gasteiger partial charge in [-0.25, -0.2) is 4.57 Å². The first kappa shape index (κ1) is 91.6. The molecular weight excluding hydrogens is 1320 g/mol. The van der Waals surface area contributed by atoms with Gasteiger partial charge >= 0.3 is 25.7 Å². The molecule has 0 bridgehead atoms. The predicted octanol–water partition coefficient (Wildman–Crippen LogP) is 11.3. The zero-order valence-corrected chi connectivity index (χ0v) is 62.1. The van der Waals surface area contributed by atoms with Crippen LogP contribution in [0.25, 0.3) is 0 Å². The van der Waals surface area contributed by atoms with Crippen molar-refractivity contribution in [1.82, 2.24) is 0 Å². The molecule has 2 aliphatic heterocycles. The maximum Gasteiger partial charge on any atom is 0.472 e. The SMILES string of the molecule is CCCCCCCCC/C=C\CCCCCC(=O)OCC(COP(=O)(O)OC1C(OC2OC(CO)C(O)C(O)C2O)C(O)C(O)C(O)C1OC1OC(COC(=O)CCCCCCCCCCCCCCCCCCC)C(O)C(O)C1O)OC(=O)CCCCC/C=C\CCCCCCCCC. The number of ether oxygens (including phenoxy) is 7. The summed E-state index contributed by atoms with van der Waals surface area (Å²) in [7, 11) is -5.70. The molecule has 3 fully saturated rings. The summed E-state index contributed by atoms with van der Waals surface area (Å²) in [5.41, 5.74) is 0. The van der Waals surface area contributed by atoms with Crippen molar-refractivity contribution in [2.75, 3.05) is 26.4 Å². The monoisotopic (exact) mass is 1450 g/mol. The molecular formula is C75H137O24P. The Morgan fingerprint density at radius 3 is 1.09 bits per heavy atom. The number of rotatable bonds is 61. The fraction of sp³-hybridized carbons (Fsp3) is 0.907. The summed E-state index contributed by atoms with van der Waals surface area (Å²) in [4.78, 5) is 51.0. The van der Waals surface area contributed by atoms with E-state index in [1.54, 1.807) is 0 Å². The van der Waals surface area contributed by atoms with Gasteiger partial charge in [0.05, 0.1) is 13.2 Å². The van der Waals surface area contributed by atoms with E-state index in [-0.39, 0.29) is 19.3 Å². The molecule has 11 N–H and O–H groups in total. The lowest BCUT2D eigenvalue weighted by atomic mass is 9.84. The zero-order valence-electron chi connectivity index (χ0n) is 61.2. The molecule has 0 amide bonds. The molecule has 18 atom stereocenters. The molecule has 0 aromatic rings. The fourth-order valence-corrected chi connectivity index (χ4v) is 13.8. The number of carbonyl (C=O) groups is 3. The highest BCUT2D eigenvalue weighted by Crippen LogP contribution is 2.49. The number of aliphatic hydroxyl groups is 10. The van der Waals surface area contributed by atoms with Crippen molar-refractivity contribution in [2.45, 2.75) is 407 Å². The minimum absolute atomic E-state index is 0.0225. The Labute approximate surface area is 598 Å². The number of phosphoric acid groups is 1. The van der Waals surface area contributed by atoms with E-state index in [9.17, 15) is 74.9 Å². The lowest BCUT2D eigenvalue weighted by Gasteiger charge is -2.49. The highest BCUT2D eigenvalue weighted by molar-refractivity contribution is 7.47. The van der Waals surface area contributed by atoms with E-state index >= 15 is 0 Å². The summed E-state index contributed by atoms with van der Waals surface area (Å²) in [5.74, 6) is -2.02. The van der Waals surface area contributed by atoms with Gasteiger partial charge in [-0.1, -0.05) is 238 Å². The zero-order chi connectivity index (χ0) is 73.2. The Morgan fingerprint density at radius 2 is 0.700 bits per heavy atom. The molecule has 100 heavy (non-hydrogen) atoms. The van der Waals surface area contributed by atoms with Crippen LogP contribution < -0.4 is 0 Å². The summed E-state index contributed by atoms with van der Waals surface area (Å²) in [5, 5.41) is 110. The molecule has 24 nitrogen and oxygen atoms in total. The van der Waals surface area contributed by atoms with E-state index in [2.05, 4.69) is 45.1 Å². The molecule has 586 valence electrons. The van der Waals surface area contributed by atoms with Gasteiger partial charge in [0.1, 0.15) is 98.7 Å². The second kappa shape index (κ2) is 56.7. The average molecular weight is 1450 g/mol. The minimum atomic E-state index is -5.70. The summed E-state index contributed by atoms with van der Waals surface area (Å²) in [6.07, 6.45) is 18.1. The highest BCUT2D eigenvalue weighted by atomic mass is 31.2. The van der Waals surface area contributed by atoms with Gasteiger partial charge in [-0.2, -0.15) is 0 Å². The summed E-state index contributed by atoms with van der Waals surface area (Å²) < 4.78 is 65.0. The van der Waals surface area contributed by atoms with Gasteiger partial charge in [-0.05, 0) is 70.6 Å². The van der Waals surface area contributed by atoms with Crippen molar-refractivity contribution in [3.8, 4) is 0 Å². The van der Waals surface area contributed by atoms with Crippen LogP contribution in [0.1, 0.15) is 303 Å². The molecule has 18 unspecified atom stereocenters. The van der Waals surface area contributed by atoms with Crippen molar-refractivity contribution in [3.63, 3.8) is 0 Å². The third-order valence-corrected chi connectivity index (χ3v) is 20.2. The van der Waals surface area contributed by atoms with Gasteiger partial charge in [0.25, 0.3) is 0 Å². The van der Waals surface area contributed by atoms with E-state index in [1.165, 1.54) is 148 Å². The number of unbranched alkanes of at least 4 members (excludes halogenated alkanes) is 36. The van der Waals surface area contributed by atoms with Gasteiger partial charge in [0.2, 0.25) is 0 Å². The first-order valence-corrected chi connectivity index (χ1v) is 40.6. The van der Waals surface area contributed by atoms with Crippen LogP contribution in [0.4, 0.5) is 0 Å². The van der Waals surface area contributed by atoms with Crippen LogP contribution in [0, 0.1) is 0 Å². The Bertz CT molecular complexity index is 2160. The predicted molar refractivity (Wildman–Crippen MR) is 379 cm³/mol. The van der Waals surface area contributed by atoms with Crippen LogP contribution in [0.3, 0.4) is 0 Å². The second-order valence-corrected chi connectivity index (χ2v) is 29.5. The highest BCUT2D eigenvalue weighted by Gasteiger charge is 2.58. The van der Waals surface area contributed by atoms with Crippen LogP contribution in [-0.4, -0.2) is 204 Å². The van der Waals surface area contributed by atoms with E-state index in [0.29, 0.717) is 25.7 Å². The molecule has 1 saturated carbocycles. The number of carbonyl (C=O) groups excluding carboxylic acids is 3. The fourth-order valence-electron chi connectivity index (χ4n) is 12.8. The van der Waals surface area contributed by atoms with Gasteiger partial charge in [0, 0.05) is 19.3 Å². The molecule has 0 aromatic carbocycles. The van der Waals surface area contributed by atoms with Crippen molar-refractivity contribution < 1.29 is 117 Å². The minimum Gasteiger partial charge on any atom is -0.463 e. The maximum absolute atomic E-state index is 14.3. The van der Waals surface area contributed by atoms with Gasteiger partial charge in [-0.3, -0.25) is 23.4 Å². The van der Waals surface area contributed by atoms with Crippen LogP contribution >= 0.6 is 7.82 Å². The summed E-state index contributed by atoms with van der Waals surface area (Å²) in [6, 6.07) is 0. The third kappa shape index (κ3) is 39.2. The van der Waals surface area contributed by atoms with Crippen molar-refractivity contribution in [1.29, 1.82) is 0 Å². The molecule has 1 aliphatic carbocycles. The Balaban J connectivity index is 1.72. The van der Waals surface area contributed by atoms with E-state index in [0.717, 1.165) is 89.9 Å². The number of phosphoric ester groups is 1. The molecule has 0 spiro atoms. The normalized spacial score (nSPS) is 27.4. The van der Waals surface area contributed by atoms with Crippen LogP contribution in [0.15, 0.2) is 24.3 Å². The van der Waals surface area contributed by atoms with Crippen LogP contribution in [0.2, 0.25) is 0 Å². The Hall–Kier alpha value is -2.56. The number of aliphatic hydroxyl groups excluding tert-OH is 10. The second-order valence-electron chi connectivity index (χ2n) is 28.1. The average Bonchev–Trinajstić information content (AvgIpc) is 0.762. The quantitative estimate of drug-likeness (QED) is 0.00886. The van der Waals surface area contributed by atoms with Gasteiger partial charge in [0.15, 0.2) is 18.7 Å². The lowest BCUT2D eigenvalue weighted by Crippen LogP contribution is -2.69. The van der Waals surface area contributed by atoms with E-state index in [1.807, 2.05) is 0 Å². The van der Waals surface area contributed by atoms with Gasteiger partial charge < -0.3 is 89.1 Å². The molecule has 0 radical (unpaired) electrons. The standard InChI is InChI=1S/C75H137O24P/c1-4-7-10-13-16-19-22-25-28-29-30-33-35-38-41-44-47-50-60(78)92-55-58-63(81)65(83)70(88)75(96-58)98-72-68(86)66(84)67(85)71(97-74-69(87)64(82)62(80)57(52-76)95-74)73(72)99-100(89,90)93-54-56(94-61(79)51-48-45-42-39-36-32-27-24-21-18-15-12-9-6-3)53-91-59(77)49-46-43-40-37-34-31-26-23-20-17-14-11-8-5-2/h31-32,34,36,56-58,62-76,80-88H,4-30,33,35,37-55H2,1-3H3,(H,89,90)/b34-31-,36-32-. The van der Waals surface area contributed by atoms with Crippen molar-refractivity contribution in [3.05, 3.63) is 24.3 Å². The van der Waals surface area contributed by atoms with Crippen LogP contribution in [-0.2, 0) is 61.2 Å². The number of esters is 3. The smallest absolute Gasteiger partial charge is 0.463 e. The largest absolute Gasteiger partial charge is 0.472 e. The molecule has 3 rings (SSSR count). The molecule has 2 heterocycles. The maximum atomic E-state index is 14.3. The number of allylic oxidation sites excluding steroid dienone is 4.